The number of hydrogen-bond acceptors (Lipinski definition) is 3. The molecule has 2 N–H and O–H groups in total. The van der Waals surface area contributed by atoms with E-state index in [0.29, 0.717) is 0 Å². The van der Waals surface area contributed by atoms with Crippen LogP contribution in [0.3, 0.4) is 0 Å². The Morgan fingerprint density at radius 1 is 1.28 bits per heavy atom. The van der Waals surface area contributed by atoms with Crippen LogP contribution in [0.2, 0.25) is 0 Å². The van der Waals surface area contributed by atoms with Crippen molar-refractivity contribution < 1.29 is 0 Å². The minimum Gasteiger partial charge on any atom is -0.329 e. The average Bonchev–Trinajstić information content (AvgIpc) is 2.76. The van der Waals surface area contributed by atoms with Crippen molar-refractivity contribution in [1.82, 2.24) is 9.80 Å². The van der Waals surface area contributed by atoms with Crippen LogP contribution in [0, 0.1) is 5.92 Å². The molecule has 0 radical (unpaired) electrons. The highest BCUT2D eigenvalue weighted by Crippen LogP contribution is 2.35. The van der Waals surface area contributed by atoms with Gasteiger partial charge in [0.2, 0.25) is 0 Å². The van der Waals surface area contributed by atoms with E-state index in [2.05, 4.69) is 30.8 Å². The van der Waals surface area contributed by atoms with Crippen molar-refractivity contribution in [3.8, 4) is 0 Å². The molecule has 0 aromatic carbocycles. The van der Waals surface area contributed by atoms with Crippen molar-refractivity contribution in [3.63, 3.8) is 0 Å². The number of nitrogens with two attached hydrogens (primary N) is 1. The summed E-state index contributed by atoms with van der Waals surface area (Å²) in [5.41, 5.74) is 6.43. The standard InChI is InChI=1S/C15H31N3/c1-13-6-8-15(12-16,9-7-13)18(3)11-14-5-4-10-17(14)2/h13-14H,4-12,16H2,1-3H3. The molecular weight excluding hydrogens is 222 g/mol. The minimum absolute atomic E-state index is 0.288. The van der Waals surface area contributed by atoms with E-state index in [4.69, 9.17) is 5.73 Å². The minimum atomic E-state index is 0.288. The highest BCUT2D eigenvalue weighted by atomic mass is 15.2. The lowest BCUT2D eigenvalue weighted by molar-refractivity contribution is 0.0501. The van der Waals surface area contributed by atoms with Crippen molar-refractivity contribution in [2.45, 2.75) is 57.0 Å². The van der Waals surface area contributed by atoms with Gasteiger partial charge in [0.15, 0.2) is 0 Å². The van der Waals surface area contributed by atoms with Gasteiger partial charge in [0.1, 0.15) is 0 Å². The molecule has 0 bridgehead atoms. The van der Waals surface area contributed by atoms with Crippen LogP contribution in [0.4, 0.5) is 0 Å². The Hall–Kier alpha value is -0.120. The molecule has 2 aliphatic rings. The van der Waals surface area contributed by atoms with Gasteiger partial charge in [-0.05, 0) is 65.1 Å². The molecule has 3 nitrogen and oxygen atoms in total. The van der Waals surface area contributed by atoms with E-state index < -0.39 is 0 Å². The molecule has 3 heteroatoms. The van der Waals surface area contributed by atoms with Crippen molar-refractivity contribution in [2.24, 2.45) is 11.7 Å². The predicted octanol–water partition coefficient (Wildman–Crippen LogP) is 1.92. The van der Waals surface area contributed by atoms with Gasteiger partial charge < -0.3 is 10.6 Å². The van der Waals surface area contributed by atoms with Crippen molar-refractivity contribution >= 4 is 0 Å². The van der Waals surface area contributed by atoms with Crippen LogP contribution in [0.5, 0.6) is 0 Å². The number of nitrogens with zero attached hydrogens (tertiary/aromatic N) is 2. The smallest absolute Gasteiger partial charge is 0.0329 e. The molecule has 0 aromatic heterocycles. The summed E-state index contributed by atoms with van der Waals surface area (Å²) in [4.78, 5) is 5.11. The molecule has 1 unspecified atom stereocenters. The fourth-order valence-corrected chi connectivity index (χ4v) is 3.76. The van der Waals surface area contributed by atoms with E-state index in [0.717, 1.165) is 18.5 Å². The Labute approximate surface area is 113 Å². The fourth-order valence-electron chi connectivity index (χ4n) is 3.76. The summed E-state index contributed by atoms with van der Waals surface area (Å²) in [6, 6.07) is 0.748. The molecule has 2 fully saturated rings. The number of rotatable bonds is 4. The highest BCUT2D eigenvalue weighted by molar-refractivity contribution is 4.96. The van der Waals surface area contributed by atoms with Crippen LogP contribution in [0.1, 0.15) is 45.4 Å². The molecule has 1 saturated carbocycles. The van der Waals surface area contributed by atoms with E-state index in [1.807, 2.05) is 0 Å². The number of hydrogen-bond donors (Lipinski definition) is 1. The van der Waals surface area contributed by atoms with Gasteiger partial charge in [-0.2, -0.15) is 0 Å². The van der Waals surface area contributed by atoms with Crippen LogP contribution in [0.25, 0.3) is 0 Å². The number of likely N-dealkylation sites (tertiary alicyclic amines) is 1. The second-order valence-corrected chi connectivity index (χ2v) is 6.77. The highest BCUT2D eigenvalue weighted by Gasteiger charge is 2.38. The first-order valence-electron chi connectivity index (χ1n) is 7.69. The van der Waals surface area contributed by atoms with Crippen molar-refractivity contribution in [3.05, 3.63) is 0 Å². The molecule has 0 amide bonds. The van der Waals surface area contributed by atoms with Gasteiger partial charge >= 0.3 is 0 Å². The molecule has 2 rings (SSSR count). The van der Waals surface area contributed by atoms with Crippen LogP contribution >= 0.6 is 0 Å². The van der Waals surface area contributed by atoms with Crippen LogP contribution < -0.4 is 5.73 Å². The fraction of sp³-hybridized carbons (Fsp3) is 1.00. The summed E-state index contributed by atoms with van der Waals surface area (Å²) < 4.78 is 0. The first-order valence-corrected chi connectivity index (χ1v) is 7.69. The molecule has 1 atom stereocenters. The molecule has 18 heavy (non-hydrogen) atoms. The molecule has 0 spiro atoms. The van der Waals surface area contributed by atoms with Crippen LogP contribution in [0.15, 0.2) is 0 Å². The molecule has 0 aromatic rings. The van der Waals surface area contributed by atoms with Crippen molar-refractivity contribution in [2.75, 3.05) is 33.7 Å². The maximum absolute atomic E-state index is 6.14. The molecule has 1 saturated heterocycles. The molecule has 1 heterocycles. The largest absolute Gasteiger partial charge is 0.329 e. The summed E-state index contributed by atoms with van der Waals surface area (Å²) in [6.45, 7) is 5.67. The monoisotopic (exact) mass is 253 g/mol. The zero-order valence-corrected chi connectivity index (χ0v) is 12.5. The molecular formula is C15H31N3. The molecule has 106 valence electrons. The Bertz CT molecular complexity index is 258. The number of likely N-dealkylation sites (N-methyl/N-ethyl adjacent to an activating group) is 2. The third-order valence-corrected chi connectivity index (χ3v) is 5.55. The second kappa shape index (κ2) is 5.89. The van der Waals surface area contributed by atoms with Crippen LogP contribution in [-0.2, 0) is 0 Å². The summed E-state index contributed by atoms with van der Waals surface area (Å²) >= 11 is 0. The Morgan fingerprint density at radius 2 is 1.94 bits per heavy atom. The third-order valence-electron chi connectivity index (χ3n) is 5.55. The van der Waals surface area contributed by atoms with Gasteiger partial charge in [0.05, 0.1) is 0 Å². The normalized spacial score (nSPS) is 38.5. The lowest BCUT2D eigenvalue weighted by Crippen LogP contribution is -2.56. The predicted molar refractivity (Wildman–Crippen MR) is 77.7 cm³/mol. The van der Waals surface area contributed by atoms with Gasteiger partial charge in [-0.15, -0.1) is 0 Å². The average molecular weight is 253 g/mol. The van der Waals surface area contributed by atoms with E-state index >= 15 is 0 Å². The zero-order valence-electron chi connectivity index (χ0n) is 12.5. The second-order valence-electron chi connectivity index (χ2n) is 6.77. The summed E-state index contributed by atoms with van der Waals surface area (Å²) in [5.74, 6) is 0.896. The first-order chi connectivity index (χ1) is 8.57. The summed E-state index contributed by atoms with van der Waals surface area (Å²) in [6.07, 6.45) is 8.00. The molecule has 1 aliphatic carbocycles. The summed E-state index contributed by atoms with van der Waals surface area (Å²) in [7, 11) is 4.57. The van der Waals surface area contributed by atoms with E-state index in [1.165, 1.54) is 51.6 Å². The van der Waals surface area contributed by atoms with Gasteiger partial charge in [-0.3, -0.25) is 4.90 Å². The summed E-state index contributed by atoms with van der Waals surface area (Å²) in [5, 5.41) is 0. The topological polar surface area (TPSA) is 32.5 Å². The molecule has 1 aliphatic heterocycles. The van der Waals surface area contributed by atoms with Gasteiger partial charge in [-0.25, -0.2) is 0 Å². The Morgan fingerprint density at radius 3 is 2.44 bits per heavy atom. The zero-order chi connectivity index (χ0) is 13.2. The third kappa shape index (κ3) is 2.89. The Kier molecular flexibility index (Phi) is 4.68. The van der Waals surface area contributed by atoms with Crippen LogP contribution in [-0.4, -0.2) is 55.1 Å². The maximum Gasteiger partial charge on any atom is 0.0329 e. The van der Waals surface area contributed by atoms with Gasteiger partial charge in [0.25, 0.3) is 0 Å². The SMILES string of the molecule is CC1CCC(CN)(N(C)CC2CCCN2C)CC1. The quantitative estimate of drug-likeness (QED) is 0.831. The lowest BCUT2D eigenvalue weighted by Gasteiger charge is -2.47. The lowest BCUT2D eigenvalue weighted by atomic mass is 9.76. The van der Waals surface area contributed by atoms with E-state index in [1.54, 1.807) is 0 Å². The van der Waals surface area contributed by atoms with Gasteiger partial charge in [-0.1, -0.05) is 6.92 Å². The first kappa shape index (κ1) is 14.3. The van der Waals surface area contributed by atoms with E-state index in [9.17, 15) is 0 Å². The maximum atomic E-state index is 6.14. The van der Waals surface area contributed by atoms with Gasteiger partial charge in [0, 0.05) is 24.7 Å². The Balaban J connectivity index is 1.94. The van der Waals surface area contributed by atoms with E-state index in [-0.39, 0.29) is 5.54 Å². The van der Waals surface area contributed by atoms with Crippen molar-refractivity contribution in [1.29, 1.82) is 0 Å².